The second kappa shape index (κ2) is 6.53. The third-order valence-corrected chi connectivity index (χ3v) is 4.52. The van der Waals surface area contributed by atoms with Gasteiger partial charge in [0.05, 0.1) is 7.11 Å². The Bertz CT molecular complexity index is 666. The van der Waals surface area contributed by atoms with Crippen molar-refractivity contribution in [2.45, 2.75) is 19.3 Å². The van der Waals surface area contributed by atoms with Crippen molar-refractivity contribution in [3.05, 3.63) is 64.7 Å². The number of hydrogen-bond donors (Lipinski definition) is 0. The lowest BCUT2D eigenvalue weighted by atomic mass is 10.0. The molecule has 1 aliphatic rings. The second-order valence-corrected chi connectivity index (χ2v) is 6.33. The van der Waals surface area contributed by atoms with E-state index in [1.165, 1.54) is 5.56 Å². The third-order valence-electron chi connectivity index (χ3n) is 4.28. The van der Waals surface area contributed by atoms with E-state index < -0.39 is 0 Å². The topological polar surface area (TPSA) is 26.3 Å². The highest BCUT2D eigenvalue weighted by Crippen LogP contribution is 2.42. The van der Waals surface area contributed by atoms with Crippen LogP contribution in [0.25, 0.3) is 0 Å². The normalized spacial score (nSPS) is 19.7. The van der Waals surface area contributed by atoms with Crippen LogP contribution in [0.1, 0.15) is 17.5 Å². The maximum atomic E-state index is 12.5. The molecule has 2 aromatic rings. The summed E-state index contributed by atoms with van der Waals surface area (Å²) in [5.74, 6) is 1.70. The number of rotatable bonds is 6. The molecule has 1 saturated carbocycles. The Kier molecular flexibility index (Phi) is 4.49. The predicted molar refractivity (Wildman–Crippen MR) is 88.5 cm³/mol. The molecule has 2 atom stereocenters. The van der Waals surface area contributed by atoms with E-state index in [2.05, 4.69) is 12.1 Å². The SMILES string of the molecule is COc1ccc(Cl)cc1CC(=O)[C@H]1C[C@@H]1Cc1ccccc1. The minimum absolute atomic E-state index is 0.184. The third kappa shape index (κ3) is 3.50. The Hall–Kier alpha value is -1.80. The maximum absolute atomic E-state index is 12.5. The summed E-state index contributed by atoms with van der Waals surface area (Å²) >= 11 is 6.02. The Morgan fingerprint density at radius 1 is 1.23 bits per heavy atom. The molecule has 2 nitrogen and oxygen atoms in total. The summed E-state index contributed by atoms with van der Waals surface area (Å²) in [6.07, 6.45) is 2.39. The highest BCUT2D eigenvalue weighted by molar-refractivity contribution is 6.30. The molecule has 0 N–H and O–H groups in total. The standard InChI is InChI=1S/C19H19ClO2/c1-22-19-8-7-16(20)10-15(19)12-18(21)17-11-14(17)9-13-5-3-2-4-6-13/h2-8,10,14,17H,9,11-12H2,1H3/t14-,17-/m0/s1. The first-order chi connectivity index (χ1) is 10.7. The molecule has 114 valence electrons. The van der Waals surface area contributed by atoms with Gasteiger partial charge in [-0.1, -0.05) is 41.9 Å². The van der Waals surface area contributed by atoms with Gasteiger partial charge >= 0.3 is 0 Å². The molecule has 1 aliphatic carbocycles. The minimum atomic E-state index is 0.184. The summed E-state index contributed by atoms with van der Waals surface area (Å²) in [5, 5.41) is 0.639. The smallest absolute Gasteiger partial charge is 0.140 e. The molecule has 0 bridgehead atoms. The zero-order valence-corrected chi connectivity index (χ0v) is 13.3. The molecule has 0 saturated heterocycles. The van der Waals surface area contributed by atoms with E-state index >= 15 is 0 Å². The first-order valence-electron chi connectivity index (χ1n) is 7.56. The molecule has 0 aromatic heterocycles. The molecule has 0 unspecified atom stereocenters. The summed E-state index contributed by atoms with van der Waals surface area (Å²) in [6, 6.07) is 15.8. The Balaban J connectivity index is 1.61. The zero-order valence-electron chi connectivity index (χ0n) is 12.6. The van der Waals surface area contributed by atoms with Gasteiger partial charge in [-0.2, -0.15) is 0 Å². The van der Waals surface area contributed by atoms with Gasteiger partial charge < -0.3 is 4.74 Å². The van der Waals surface area contributed by atoms with Crippen LogP contribution in [0.5, 0.6) is 5.75 Å². The van der Waals surface area contributed by atoms with Crippen molar-refractivity contribution in [1.29, 1.82) is 0 Å². The molecule has 0 amide bonds. The number of benzene rings is 2. The van der Waals surface area contributed by atoms with Crippen LogP contribution in [0.3, 0.4) is 0 Å². The van der Waals surface area contributed by atoms with E-state index in [0.717, 1.165) is 24.2 Å². The quantitative estimate of drug-likeness (QED) is 0.793. The highest BCUT2D eigenvalue weighted by Gasteiger charge is 2.42. The molecule has 3 rings (SSSR count). The fraction of sp³-hybridized carbons (Fsp3) is 0.316. The zero-order chi connectivity index (χ0) is 15.5. The number of carbonyl (C=O) groups excluding carboxylic acids is 1. The lowest BCUT2D eigenvalue weighted by Crippen LogP contribution is -2.08. The van der Waals surface area contributed by atoms with Crippen molar-refractivity contribution in [1.82, 2.24) is 0 Å². The van der Waals surface area contributed by atoms with Gasteiger partial charge in [-0.3, -0.25) is 4.79 Å². The summed E-state index contributed by atoms with van der Waals surface area (Å²) < 4.78 is 5.31. The largest absolute Gasteiger partial charge is 0.496 e. The lowest BCUT2D eigenvalue weighted by molar-refractivity contribution is -0.119. The van der Waals surface area contributed by atoms with Gasteiger partial charge in [0, 0.05) is 22.9 Å². The average molecular weight is 315 g/mol. The molecule has 22 heavy (non-hydrogen) atoms. The molecular formula is C19H19ClO2. The van der Waals surface area contributed by atoms with Gasteiger partial charge in [0.15, 0.2) is 0 Å². The van der Waals surface area contributed by atoms with Gasteiger partial charge in [0.1, 0.15) is 11.5 Å². The summed E-state index contributed by atoms with van der Waals surface area (Å²) in [6.45, 7) is 0. The molecule has 0 radical (unpaired) electrons. The molecule has 2 aromatic carbocycles. The Morgan fingerprint density at radius 2 is 2.00 bits per heavy atom. The average Bonchev–Trinajstić information content (AvgIpc) is 3.28. The van der Waals surface area contributed by atoms with Crippen molar-refractivity contribution in [3.63, 3.8) is 0 Å². The van der Waals surface area contributed by atoms with Gasteiger partial charge in [-0.05, 0) is 42.5 Å². The van der Waals surface area contributed by atoms with Crippen molar-refractivity contribution >= 4 is 17.4 Å². The molecule has 0 heterocycles. The molecule has 1 fully saturated rings. The number of ketones is 1. The first-order valence-corrected chi connectivity index (χ1v) is 7.94. The highest BCUT2D eigenvalue weighted by atomic mass is 35.5. The number of ether oxygens (including phenoxy) is 1. The predicted octanol–water partition coefficient (Wildman–Crippen LogP) is 4.34. The van der Waals surface area contributed by atoms with Crippen LogP contribution in [0.2, 0.25) is 5.02 Å². The maximum Gasteiger partial charge on any atom is 0.140 e. The molecule has 0 spiro atoms. The number of methoxy groups -OCH3 is 1. The van der Waals surface area contributed by atoms with E-state index in [1.54, 1.807) is 13.2 Å². The fourth-order valence-corrected chi connectivity index (χ4v) is 3.18. The monoisotopic (exact) mass is 314 g/mol. The van der Waals surface area contributed by atoms with Crippen LogP contribution in [-0.2, 0) is 17.6 Å². The van der Waals surface area contributed by atoms with Crippen LogP contribution in [0, 0.1) is 11.8 Å². The number of carbonyl (C=O) groups is 1. The van der Waals surface area contributed by atoms with E-state index in [1.807, 2.05) is 30.3 Å². The fourth-order valence-electron chi connectivity index (χ4n) is 2.99. The van der Waals surface area contributed by atoms with Crippen LogP contribution >= 0.6 is 11.6 Å². The number of hydrogen-bond acceptors (Lipinski definition) is 2. The number of Topliss-reactive ketones (excluding diaryl/α,β-unsaturated/α-hetero) is 1. The van der Waals surface area contributed by atoms with Gasteiger partial charge in [-0.15, -0.1) is 0 Å². The lowest BCUT2D eigenvalue weighted by Gasteiger charge is -2.08. The van der Waals surface area contributed by atoms with E-state index in [4.69, 9.17) is 16.3 Å². The van der Waals surface area contributed by atoms with Crippen LogP contribution < -0.4 is 4.74 Å². The van der Waals surface area contributed by atoms with E-state index in [9.17, 15) is 4.79 Å². The minimum Gasteiger partial charge on any atom is -0.496 e. The molecule has 0 aliphatic heterocycles. The van der Waals surface area contributed by atoms with Crippen molar-refractivity contribution in [2.24, 2.45) is 11.8 Å². The van der Waals surface area contributed by atoms with E-state index in [-0.39, 0.29) is 5.92 Å². The second-order valence-electron chi connectivity index (χ2n) is 5.89. The Morgan fingerprint density at radius 3 is 2.73 bits per heavy atom. The van der Waals surface area contributed by atoms with Crippen molar-refractivity contribution < 1.29 is 9.53 Å². The first kappa shape index (κ1) is 15.1. The number of halogens is 1. The van der Waals surface area contributed by atoms with Gasteiger partial charge in [0.2, 0.25) is 0 Å². The van der Waals surface area contributed by atoms with Crippen LogP contribution in [-0.4, -0.2) is 12.9 Å². The van der Waals surface area contributed by atoms with E-state index in [0.29, 0.717) is 23.1 Å². The van der Waals surface area contributed by atoms with Crippen molar-refractivity contribution in [3.8, 4) is 5.75 Å². The van der Waals surface area contributed by atoms with Crippen LogP contribution in [0.4, 0.5) is 0 Å². The molecular weight excluding hydrogens is 296 g/mol. The molecule has 3 heteroatoms. The summed E-state index contributed by atoms with van der Waals surface area (Å²) in [7, 11) is 1.62. The van der Waals surface area contributed by atoms with Crippen molar-refractivity contribution in [2.75, 3.05) is 7.11 Å². The summed E-state index contributed by atoms with van der Waals surface area (Å²) in [4.78, 5) is 12.5. The Labute approximate surface area is 136 Å². The van der Waals surface area contributed by atoms with Crippen LogP contribution in [0.15, 0.2) is 48.5 Å². The van der Waals surface area contributed by atoms with Gasteiger partial charge in [0.25, 0.3) is 0 Å². The summed E-state index contributed by atoms with van der Waals surface area (Å²) in [5.41, 5.74) is 2.19. The van der Waals surface area contributed by atoms with Gasteiger partial charge in [-0.25, -0.2) is 0 Å².